The molecule has 0 saturated heterocycles. The number of carbonyl (C=O) groups excluding carboxylic acids is 1. The highest BCUT2D eigenvalue weighted by Gasteiger charge is 2.28. The summed E-state index contributed by atoms with van der Waals surface area (Å²) >= 11 is 0. The van der Waals surface area contributed by atoms with Crippen LogP contribution in [0.25, 0.3) is 10.8 Å². The van der Waals surface area contributed by atoms with Crippen LogP contribution in [-0.4, -0.2) is 40.2 Å². The number of likely N-dealkylation sites (N-methyl/N-ethyl adjacent to an activating group) is 1. The molecular weight excluding hydrogens is 340 g/mol. The zero-order valence-corrected chi connectivity index (χ0v) is 15.3. The number of rotatable bonds is 4. The second kappa shape index (κ2) is 7.32. The Labute approximate surface area is 157 Å². The first-order valence-corrected chi connectivity index (χ1v) is 9.13. The lowest BCUT2D eigenvalue weighted by Gasteiger charge is -2.33. The zero-order valence-electron chi connectivity index (χ0n) is 15.3. The van der Waals surface area contributed by atoms with E-state index in [0.29, 0.717) is 24.9 Å². The van der Waals surface area contributed by atoms with E-state index in [9.17, 15) is 9.59 Å². The van der Waals surface area contributed by atoms with Gasteiger partial charge in [-0.05, 0) is 30.7 Å². The van der Waals surface area contributed by atoms with Crippen molar-refractivity contribution in [2.75, 3.05) is 13.6 Å². The van der Waals surface area contributed by atoms with Gasteiger partial charge in [0.25, 0.3) is 5.56 Å². The summed E-state index contributed by atoms with van der Waals surface area (Å²) in [6.45, 7) is 1.48. The van der Waals surface area contributed by atoms with Crippen molar-refractivity contribution in [1.82, 2.24) is 20.0 Å². The normalized spacial score (nSPS) is 16.9. The molecular formula is C21H22N4O2. The van der Waals surface area contributed by atoms with Gasteiger partial charge in [0.05, 0.1) is 24.2 Å². The summed E-state index contributed by atoms with van der Waals surface area (Å²) in [6.07, 6.45) is 2.39. The fraction of sp³-hybridized carbons (Fsp3) is 0.286. The van der Waals surface area contributed by atoms with E-state index in [1.165, 1.54) is 15.8 Å². The van der Waals surface area contributed by atoms with Gasteiger partial charge in [0.2, 0.25) is 5.91 Å². The van der Waals surface area contributed by atoms with Crippen LogP contribution in [0.15, 0.2) is 59.5 Å². The molecule has 2 heterocycles. The number of aromatic nitrogens is 2. The van der Waals surface area contributed by atoms with Gasteiger partial charge in [-0.2, -0.15) is 5.10 Å². The van der Waals surface area contributed by atoms with Crippen LogP contribution in [0, 0.1) is 0 Å². The summed E-state index contributed by atoms with van der Waals surface area (Å²) in [7, 11) is 1.97. The van der Waals surface area contributed by atoms with E-state index in [0.717, 1.165) is 11.9 Å². The molecule has 0 bridgehead atoms. The van der Waals surface area contributed by atoms with Crippen molar-refractivity contribution in [3.63, 3.8) is 0 Å². The lowest BCUT2D eigenvalue weighted by molar-refractivity contribution is -0.126. The van der Waals surface area contributed by atoms with Gasteiger partial charge in [-0.25, -0.2) is 4.68 Å². The Bertz CT molecular complexity index is 1040. The maximum absolute atomic E-state index is 12.6. The van der Waals surface area contributed by atoms with E-state index < -0.39 is 0 Å². The Kier molecular flexibility index (Phi) is 4.73. The fourth-order valence-corrected chi connectivity index (χ4v) is 3.64. The summed E-state index contributed by atoms with van der Waals surface area (Å²) in [5, 5.41) is 8.63. The van der Waals surface area contributed by atoms with Crippen LogP contribution < -0.4 is 10.9 Å². The number of hydrogen-bond acceptors (Lipinski definition) is 4. The van der Waals surface area contributed by atoms with Crippen molar-refractivity contribution in [3.8, 4) is 0 Å². The molecule has 6 nitrogen and oxygen atoms in total. The summed E-state index contributed by atoms with van der Waals surface area (Å²) in [6, 6.07) is 15.4. The standard InChI is InChI=1S/C21H22N4O2/c1-24-14-17-8-3-2-6-15(17)12-19(24)20(26)22-10-11-25-21(27)18-9-5-4-7-16(18)13-23-25/h2-9,13,19H,10-12,14H2,1H3,(H,22,26)/t19-/m0/s1. The summed E-state index contributed by atoms with van der Waals surface area (Å²) in [5.41, 5.74) is 2.37. The fourth-order valence-electron chi connectivity index (χ4n) is 3.64. The molecule has 0 spiro atoms. The molecule has 1 aromatic heterocycles. The number of benzene rings is 2. The molecule has 0 radical (unpaired) electrons. The van der Waals surface area contributed by atoms with Gasteiger partial charge in [-0.1, -0.05) is 42.5 Å². The number of fused-ring (bicyclic) bond motifs is 2. The Balaban J connectivity index is 1.40. The predicted octanol–water partition coefficient (Wildman–Crippen LogP) is 1.57. The molecule has 0 aliphatic carbocycles. The minimum Gasteiger partial charge on any atom is -0.353 e. The smallest absolute Gasteiger partial charge is 0.274 e. The Morgan fingerprint density at radius 2 is 1.89 bits per heavy atom. The minimum absolute atomic E-state index is 0.0131. The van der Waals surface area contributed by atoms with Crippen molar-refractivity contribution >= 4 is 16.7 Å². The molecule has 1 N–H and O–H groups in total. The Morgan fingerprint density at radius 3 is 2.74 bits per heavy atom. The summed E-state index contributed by atoms with van der Waals surface area (Å²) < 4.78 is 1.41. The topological polar surface area (TPSA) is 67.2 Å². The Hall–Kier alpha value is -2.99. The van der Waals surface area contributed by atoms with Crippen LogP contribution in [0.1, 0.15) is 11.1 Å². The first kappa shape index (κ1) is 17.4. The average molecular weight is 362 g/mol. The quantitative estimate of drug-likeness (QED) is 0.765. The third-order valence-electron chi connectivity index (χ3n) is 5.17. The van der Waals surface area contributed by atoms with Crippen molar-refractivity contribution in [1.29, 1.82) is 0 Å². The highest BCUT2D eigenvalue weighted by molar-refractivity contribution is 5.82. The molecule has 138 valence electrons. The number of nitrogens with zero attached hydrogens (tertiary/aromatic N) is 3. The molecule has 3 aromatic rings. The van der Waals surface area contributed by atoms with E-state index in [1.54, 1.807) is 12.3 Å². The highest BCUT2D eigenvalue weighted by Crippen LogP contribution is 2.21. The van der Waals surface area contributed by atoms with Gasteiger partial charge in [-0.15, -0.1) is 0 Å². The third-order valence-corrected chi connectivity index (χ3v) is 5.17. The van der Waals surface area contributed by atoms with Gasteiger partial charge >= 0.3 is 0 Å². The highest BCUT2D eigenvalue weighted by atomic mass is 16.2. The lowest BCUT2D eigenvalue weighted by Crippen LogP contribution is -2.49. The molecule has 0 unspecified atom stereocenters. The summed E-state index contributed by atoms with van der Waals surface area (Å²) in [5.74, 6) is -0.0131. The van der Waals surface area contributed by atoms with Gasteiger partial charge in [0, 0.05) is 18.5 Å². The van der Waals surface area contributed by atoms with Crippen LogP contribution in [0.4, 0.5) is 0 Å². The molecule has 0 saturated carbocycles. The number of hydrogen-bond donors (Lipinski definition) is 1. The monoisotopic (exact) mass is 362 g/mol. The van der Waals surface area contributed by atoms with Crippen LogP contribution in [0.5, 0.6) is 0 Å². The van der Waals surface area contributed by atoms with E-state index in [4.69, 9.17) is 0 Å². The Morgan fingerprint density at radius 1 is 1.15 bits per heavy atom. The SMILES string of the molecule is CN1Cc2ccccc2C[C@H]1C(=O)NCCn1ncc2ccccc2c1=O. The van der Waals surface area contributed by atoms with Gasteiger partial charge in [0.1, 0.15) is 0 Å². The minimum atomic E-state index is -0.193. The van der Waals surface area contributed by atoms with Crippen molar-refractivity contribution in [3.05, 3.63) is 76.2 Å². The zero-order chi connectivity index (χ0) is 18.8. The largest absolute Gasteiger partial charge is 0.353 e. The average Bonchev–Trinajstić information content (AvgIpc) is 2.69. The van der Waals surface area contributed by atoms with Gasteiger partial charge in [0.15, 0.2) is 0 Å². The first-order chi connectivity index (χ1) is 13.1. The number of nitrogens with one attached hydrogen (secondary N) is 1. The van der Waals surface area contributed by atoms with Gasteiger partial charge < -0.3 is 5.32 Å². The molecule has 4 rings (SSSR count). The second-order valence-electron chi connectivity index (χ2n) is 6.95. The number of carbonyl (C=O) groups is 1. The van der Waals surface area contributed by atoms with Gasteiger partial charge in [-0.3, -0.25) is 14.5 Å². The molecule has 1 atom stereocenters. The molecule has 1 aliphatic rings. The maximum Gasteiger partial charge on any atom is 0.274 e. The summed E-state index contributed by atoms with van der Waals surface area (Å²) in [4.78, 5) is 27.2. The molecule has 1 amide bonds. The third kappa shape index (κ3) is 3.48. The van der Waals surface area contributed by atoms with Crippen molar-refractivity contribution < 1.29 is 4.79 Å². The number of amides is 1. The molecule has 0 fully saturated rings. The maximum atomic E-state index is 12.6. The van der Waals surface area contributed by atoms with Crippen LogP contribution in [0.2, 0.25) is 0 Å². The molecule has 1 aliphatic heterocycles. The van der Waals surface area contributed by atoms with Crippen molar-refractivity contribution in [2.45, 2.75) is 25.6 Å². The van der Waals surface area contributed by atoms with E-state index in [1.807, 2.05) is 37.4 Å². The van der Waals surface area contributed by atoms with E-state index >= 15 is 0 Å². The van der Waals surface area contributed by atoms with Crippen LogP contribution in [0.3, 0.4) is 0 Å². The second-order valence-corrected chi connectivity index (χ2v) is 6.95. The van der Waals surface area contributed by atoms with Crippen molar-refractivity contribution in [2.24, 2.45) is 0 Å². The lowest BCUT2D eigenvalue weighted by atomic mass is 9.94. The molecule has 27 heavy (non-hydrogen) atoms. The van der Waals surface area contributed by atoms with E-state index in [-0.39, 0.29) is 17.5 Å². The van der Waals surface area contributed by atoms with Crippen LogP contribution >= 0.6 is 0 Å². The molecule has 2 aromatic carbocycles. The van der Waals surface area contributed by atoms with E-state index in [2.05, 4.69) is 27.4 Å². The first-order valence-electron chi connectivity index (χ1n) is 9.13. The van der Waals surface area contributed by atoms with Crippen LogP contribution in [-0.2, 0) is 24.3 Å². The predicted molar refractivity (Wildman–Crippen MR) is 104 cm³/mol. The molecule has 6 heteroatoms.